The minimum atomic E-state index is 0.128. The molecule has 0 bridgehead atoms. The third-order valence-electron chi connectivity index (χ3n) is 5.91. The second-order valence-corrected chi connectivity index (χ2v) is 9.30. The number of aliphatic imine (C=N–C) groups is 1. The topological polar surface area (TPSA) is 24.4 Å². The van der Waals surface area contributed by atoms with Gasteiger partial charge in [-0.3, -0.25) is 4.99 Å². The number of hydrogen-bond donors (Lipinski definition) is 1. The zero-order chi connectivity index (χ0) is 26.0. The van der Waals surface area contributed by atoms with Gasteiger partial charge in [0, 0.05) is 23.9 Å². The summed E-state index contributed by atoms with van der Waals surface area (Å²) in [4.78, 5) is 5.30. The fraction of sp³-hybridized carbons (Fsp3) is 0.324. The molecule has 2 atom stereocenters. The zero-order valence-electron chi connectivity index (χ0n) is 22.7. The maximum absolute atomic E-state index is 5.30. The van der Waals surface area contributed by atoms with Gasteiger partial charge in [0.15, 0.2) is 0 Å². The van der Waals surface area contributed by atoms with Gasteiger partial charge in [-0.15, -0.1) is 6.58 Å². The molecule has 0 aliphatic heterocycles. The van der Waals surface area contributed by atoms with Gasteiger partial charge in [-0.05, 0) is 64.2 Å². The third kappa shape index (κ3) is 10.9. The van der Waals surface area contributed by atoms with Gasteiger partial charge in [-0.1, -0.05) is 109 Å². The molecule has 0 aromatic heterocycles. The second kappa shape index (κ2) is 17.1. The lowest BCUT2D eigenvalue weighted by Crippen LogP contribution is -2.21. The van der Waals surface area contributed by atoms with Gasteiger partial charge < -0.3 is 5.32 Å². The molecule has 2 heteroatoms. The number of allylic oxidation sites excluding steroid dienone is 8. The first kappa shape index (κ1) is 28.8. The molecule has 2 aromatic carbocycles. The molecule has 0 spiro atoms. The smallest absolute Gasteiger partial charge is 0.0647 e. The van der Waals surface area contributed by atoms with Crippen molar-refractivity contribution >= 4 is 17.5 Å². The molecule has 0 fully saturated rings. The standard InChI is InChI=1S/C34H44N2/c1-6-8-9-10-12-22-32(25-16-15-20-28(3)4)34(31-23-13-11-14-24-31)36-29(5)27-35-33-26-18-17-21-30(33)19-7-2/h6-14,17-19,21-24,26,29,32,35H,3,15-16,20,25,27H2,1-2,4-5H3/b8-6-,10-9-,19-7+,22-12+,36-34?. The van der Waals surface area contributed by atoms with E-state index in [-0.39, 0.29) is 12.0 Å². The second-order valence-electron chi connectivity index (χ2n) is 9.30. The van der Waals surface area contributed by atoms with Crippen LogP contribution < -0.4 is 5.32 Å². The quantitative estimate of drug-likeness (QED) is 0.117. The van der Waals surface area contributed by atoms with Gasteiger partial charge in [0.1, 0.15) is 0 Å². The Morgan fingerprint density at radius 3 is 2.36 bits per heavy atom. The predicted molar refractivity (Wildman–Crippen MR) is 162 cm³/mol. The summed E-state index contributed by atoms with van der Waals surface area (Å²) >= 11 is 0. The third-order valence-corrected chi connectivity index (χ3v) is 5.91. The molecule has 0 amide bonds. The van der Waals surface area contributed by atoms with E-state index in [4.69, 9.17) is 4.99 Å². The average Bonchev–Trinajstić information content (AvgIpc) is 2.88. The Morgan fingerprint density at radius 2 is 1.64 bits per heavy atom. The van der Waals surface area contributed by atoms with E-state index in [0.29, 0.717) is 0 Å². The normalized spacial score (nSPS) is 14.3. The minimum Gasteiger partial charge on any atom is -0.382 e. The molecule has 1 N–H and O–H groups in total. The number of para-hydroxylation sites is 1. The van der Waals surface area contributed by atoms with Crippen LogP contribution in [0.5, 0.6) is 0 Å². The van der Waals surface area contributed by atoms with Gasteiger partial charge in [0.25, 0.3) is 0 Å². The molecule has 0 saturated heterocycles. The largest absolute Gasteiger partial charge is 0.382 e. The van der Waals surface area contributed by atoms with E-state index in [0.717, 1.165) is 43.6 Å². The van der Waals surface area contributed by atoms with Crippen molar-refractivity contribution in [1.29, 1.82) is 0 Å². The molecule has 190 valence electrons. The molecule has 0 aliphatic carbocycles. The highest BCUT2D eigenvalue weighted by atomic mass is 14.9. The van der Waals surface area contributed by atoms with Crippen LogP contribution >= 0.6 is 0 Å². The van der Waals surface area contributed by atoms with Crippen molar-refractivity contribution in [3.8, 4) is 0 Å². The zero-order valence-corrected chi connectivity index (χ0v) is 22.7. The van der Waals surface area contributed by atoms with E-state index in [9.17, 15) is 0 Å². The number of nitrogens with one attached hydrogen (secondary N) is 1. The highest BCUT2D eigenvalue weighted by molar-refractivity contribution is 6.03. The van der Waals surface area contributed by atoms with Crippen molar-refractivity contribution in [1.82, 2.24) is 0 Å². The van der Waals surface area contributed by atoms with Crippen LogP contribution in [0.3, 0.4) is 0 Å². The Labute approximate surface area is 220 Å². The highest BCUT2D eigenvalue weighted by Gasteiger charge is 2.16. The molecular formula is C34H44N2. The number of nitrogens with zero attached hydrogens (tertiary/aromatic N) is 1. The summed E-state index contributed by atoms with van der Waals surface area (Å²) in [7, 11) is 0. The van der Waals surface area contributed by atoms with Crippen LogP contribution in [-0.4, -0.2) is 18.3 Å². The lowest BCUT2D eigenvalue weighted by molar-refractivity contribution is 0.631. The molecule has 0 heterocycles. The molecule has 2 aromatic rings. The van der Waals surface area contributed by atoms with E-state index in [1.165, 1.54) is 16.7 Å². The Morgan fingerprint density at radius 1 is 0.917 bits per heavy atom. The molecule has 2 rings (SSSR count). The monoisotopic (exact) mass is 480 g/mol. The van der Waals surface area contributed by atoms with Crippen molar-refractivity contribution in [2.75, 3.05) is 11.9 Å². The van der Waals surface area contributed by atoms with Crippen LogP contribution in [0.15, 0.2) is 114 Å². The number of anilines is 1. The Kier molecular flexibility index (Phi) is 13.7. The van der Waals surface area contributed by atoms with Crippen LogP contribution in [-0.2, 0) is 0 Å². The van der Waals surface area contributed by atoms with Gasteiger partial charge in [0.05, 0.1) is 6.04 Å². The lowest BCUT2D eigenvalue weighted by Gasteiger charge is -2.20. The van der Waals surface area contributed by atoms with Crippen LogP contribution in [0.1, 0.15) is 64.5 Å². The van der Waals surface area contributed by atoms with Crippen LogP contribution in [0.2, 0.25) is 0 Å². The summed E-state index contributed by atoms with van der Waals surface area (Å²) in [6, 6.07) is 19.2. The lowest BCUT2D eigenvalue weighted by atomic mass is 9.90. The van der Waals surface area contributed by atoms with Crippen LogP contribution in [0, 0.1) is 5.92 Å². The molecule has 2 unspecified atom stereocenters. The van der Waals surface area contributed by atoms with E-state index in [1.54, 1.807) is 0 Å². The Hall–Kier alpha value is -3.39. The number of hydrogen-bond acceptors (Lipinski definition) is 2. The predicted octanol–water partition coefficient (Wildman–Crippen LogP) is 9.45. The van der Waals surface area contributed by atoms with Crippen molar-refractivity contribution in [3.05, 3.63) is 120 Å². The van der Waals surface area contributed by atoms with Crippen LogP contribution in [0.4, 0.5) is 5.69 Å². The van der Waals surface area contributed by atoms with Crippen molar-refractivity contribution in [2.45, 2.75) is 59.4 Å². The molecule has 0 radical (unpaired) electrons. The number of rotatable bonds is 15. The van der Waals surface area contributed by atoms with Gasteiger partial charge >= 0.3 is 0 Å². The summed E-state index contributed by atoms with van der Waals surface area (Å²) in [6.07, 6.45) is 21.4. The summed E-state index contributed by atoms with van der Waals surface area (Å²) in [6.45, 7) is 13.2. The first-order valence-corrected chi connectivity index (χ1v) is 13.2. The summed E-state index contributed by atoms with van der Waals surface area (Å²) in [5.41, 5.74) is 5.96. The summed E-state index contributed by atoms with van der Waals surface area (Å²) in [5, 5.41) is 3.62. The molecular weight excluding hydrogens is 436 g/mol. The van der Waals surface area contributed by atoms with Crippen molar-refractivity contribution in [3.63, 3.8) is 0 Å². The number of benzene rings is 2. The maximum Gasteiger partial charge on any atom is 0.0647 e. The molecule has 0 saturated carbocycles. The van der Waals surface area contributed by atoms with Crippen molar-refractivity contribution in [2.24, 2.45) is 10.9 Å². The van der Waals surface area contributed by atoms with Crippen LogP contribution in [0.25, 0.3) is 6.08 Å². The van der Waals surface area contributed by atoms with E-state index in [1.807, 2.05) is 19.9 Å². The fourth-order valence-corrected chi connectivity index (χ4v) is 4.07. The molecule has 2 nitrogen and oxygen atoms in total. The highest BCUT2D eigenvalue weighted by Crippen LogP contribution is 2.22. The minimum absolute atomic E-state index is 0.128. The van der Waals surface area contributed by atoms with Gasteiger partial charge in [-0.25, -0.2) is 0 Å². The number of unbranched alkanes of at least 4 members (excludes halogenated alkanes) is 1. The van der Waals surface area contributed by atoms with Crippen molar-refractivity contribution < 1.29 is 0 Å². The molecule has 36 heavy (non-hydrogen) atoms. The van der Waals surface area contributed by atoms with Gasteiger partial charge in [-0.2, -0.15) is 0 Å². The fourth-order valence-electron chi connectivity index (χ4n) is 4.07. The average molecular weight is 481 g/mol. The van der Waals surface area contributed by atoms with E-state index in [2.05, 4.69) is 123 Å². The van der Waals surface area contributed by atoms with E-state index < -0.39 is 0 Å². The Balaban J connectivity index is 2.29. The maximum atomic E-state index is 5.30. The SMILES string of the molecule is C=C(C)CCCCC(/C=C/C=C\C=C/C)C(=NC(C)CNc1ccccc1/C=C/C)c1ccccc1. The first-order chi connectivity index (χ1) is 17.5. The Bertz CT molecular complexity index is 1050. The first-order valence-electron chi connectivity index (χ1n) is 13.2. The summed E-state index contributed by atoms with van der Waals surface area (Å²) in [5.74, 6) is 0.255. The summed E-state index contributed by atoms with van der Waals surface area (Å²) < 4.78 is 0. The van der Waals surface area contributed by atoms with E-state index >= 15 is 0 Å². The molecule has 0 aliphatic rings. The van der Waals surface area contributed by atoms with Gasteiger partial charge in [0.2, 0.25) is 0 Å².